The normalized spacial score (nSPS) is 16.3. The number of guanidine groups is 1. The molecule has 0 radical (unpaired) electrons. The van der Waals surface area contributed by atoms with E-state index in [1.165, 1.54) is 5.56 Å². The highest BCUT2D eigenvalue weighted by molar-refractivity contribution is 14.0. The lowest BCUT2D eigenvalue weighted by atomic mass is 9.74. The lowest BCUT2D eigenvalue weighted by molar-refractivity contribution is 0.0514. The Morgan fingerprint density at radius 2 is 1.86 bits per heavy atom. The number of aliphatic imine (C=N–C) groups is 1. The Hall–Kier alpha value is -1.61. The van der Waals surface area contributed by atoms with E-state index in [0.29, 0.717) is 12.4 Å². The summed E-state index contributed by atoms with van der Waals surface area (Å²) < 4.78 is 11.3. The standard InChI is InChI=1S/C21H30N4O2.HI/c1-4-22-20(23-14-19-25-16(2)17(3)27-19)24-15-21(10-12-26-13-11-21)18-8-6-5-7-9-18;/h5-9H,4,10-15H2,1-3H3,(H2,22,23,24);1H. The molecule has 0 aliphatic carbocycles. The molecule has 1 saturated heterocycles. The Morgan fingerprint density at radius 3 is 2.46 bits per heavy atom. The molecule has 28 heavy (non-hydrogen) atoms. The Bertz CT molecular complexity index is 736. The molecule has 1 aliphatic rings. The Balaban J connectivity index is 0.00000280. The van der Waals surface area contributed by atoms with Crippen LogP contribution in [0, 0.1) is 13.8 Å². The highest BCUT2D eigenvalue weighted by Crippen LogP contribution is 2.34. The van der Waals surface area contributed by atoms with Crippen molar-refractivity contribution in [1.82, 2.24) is 15.6 Å². The smallest absolute Gasteiger partial charge is 0.216 e. The summed E-state index contributed by atoms with van der Waals surface area (Å²) in [6, 6.07) is 10.7. The van der Waals surface area contributed by atoms with Crippen molar-refractivity contribution >= 4 is 29.9 Å². The number of hydrogen-bond acceptors (Lipinski definition) is 4. The van der Waals surface area contributed by atoms with Crippen molar-refractivity contribution in [1.29, 1.82) is 0 Å². The number of halogens is 1. The third-order valence-corrected chi connectivity index (χ3v) is 5.22. The number of aryl methyl sites for hydroxylation is 2. The van der Waals surface area contributed by atoms with Gasteiger partial charge in [0.15, 0.2) is 5.96 Å². The molecule has 7 heteroatoms. The summed E-state index contributed by atoms with van der Waals surface area (Å²) in [6.07, 6.45) is 2.00. The maximum atomic E-state index is 5.64. The second kappa shape index (κ2) is 10.8. The van der Waals surface area contributed by atoms with Crippen LogP contribution < -0.4 is 10.6 Å². The van der Waals surface area contributed by atoms with E-state index in [1.54, 1.807) is 0 Å². The first-order valence-electron chi connectivity index (χ1n) is 9.71. The lowest BCUT2D eigenvalue weighted by Gasteiger charge is -2.38. The third kappa shape index (κ3) is 5.70. The average Bonchev–Trinajstić information content (AvgIpc) is 3.03. The average molecular weight is 498 g/mol. The largest absolute Gasteiger partial charge is 0.444 e. The summed E-state index contributed by atoms with van der Waals surface area (Å²) in [7, 11) is 0. The summed E-state index contributed by atoms with van der Waals surface area (Å²) in [6.45, 7) is 9.56. The predicted molar refractivity (Wildman–Crippen MR) is 122 cm³/mol. The molecule has 0 bridgehead atoms. The van der Waals surface area contributed by atoms with E-state index < -0.39 is 0 Å². The SMILES string of the molecule is CCNC(=NCc1nc(C)c(C)o1)NCC1(c2ccccc2)CCOCC1.I. The molecule has 2 N–H and O–H groups in total. The van der Waals surface area contributed by atoms with E-state index in [2.05, 4.69) is 57.9 Å². The third-order valence-electron chi connectivity index (χ3n) is 5.22. The maximum absolute atomic E-state index is 5.64. The van der Waals surface area contributed by atoms with Crippen molar-refractivity contribution in [2.45, 2.75) is 45.6 Å². The minimum absolute atomic E-state index is 0. The van der Waals surface area contributed by atoms with E-state index >= 15 is 0 Å². The van der Waals surface area contributed by atoms with Crippen molar-refractivity contribution in [2.75, 3.05) is 26.3 Å². The zero-order valence-corrected chi connectivity index (χ0v) is 19.3. The highest BCUT2D eigenvalue weighted by Gasteiger charge is 2.34. The van der Waals surface area contributed by atoms with Gasteiger partial charge in [0.05, 0.1) is 5.69 Å². The van der Waals surface area contributed by atoms with Gasteiger partial charge in [-0.2, -0.15) is 0 Å². The Kier molecular flexibility index (Phi) is 8.75. The Morgan fingerprint density at radius 1 is 1.14 bits per heavy atom. The van der Waals surface area contributed by atoms with Gasteiger partial charge in [0.25, 0.3) is 0 Å². The number of ether oxygens (including phenoxy) is 1. The number of hydrogen-bond donors (Lipinski definition) is 2. The van der Waals surface area contributed by atoms with Crippen LogP contribution in [0.4, 0.5) is 0 Å². The van der Waals surface area contributed by atoms with Crippen LogP contribution in [-0.4, -0.2) is 37.2 Å². The van der Waals surface area contributed by atoms with E-state index in [-0.39, 0.29) is 29.4 Å². The molecule has 1 aromatic heterocycles. The van der Waals surface area contributed by atoms with E-state index in [9.17, 15) is 0 Å². The first kappa shape index (κ1) is 22.7. The monoisotopic (exact) mass is 498 g/mol. The number of oxazole rings is 1. The molecule has 0 spiro atoms. The molecule has 1 fully saturated rings. The first-order valence-corrected chi connectivity index (χ1v) is 9.71. The number of benzene rings is 1. The van der Waals surface area contributed by atoms with Gasteiger partial charge in [-0.3, -0.25) is 0 Å². The zero-order valence-electron chi connectivity index (χ0n) is 17.0. The van der Waals surface area contributed by atoms with Crippen molar-refractivity contribution < 1.29 is 9.15 Å². The molecule has 3 rings (SSSR count). The van der Waals surface area contributed by atoms with Crippen molar-refractivity contribution in [3.05, 3.63) is 53.2 Å². The molecule has 2 aromatic rings. The van der Waals surface area contributed by atoms with Crippen LogP contribution in [0.15, 0.2) is 39.7 Å². The second-order valence-corrected chi connectivity index (χ2v) is 7.06. The minimum atomic E-state index is 0. The van der Waals surface area contributed by atoms with Crippen LogP contribution in [0.5, 0.6) is 0 Å². The number of rotatable bonds is 6. The van der Waals surface area contributed by atoms with Crippen molar-refractivity contribution in [3.63, 3.8) is 0 Å². The number of aromatic nitrogens is 1. The summed E-state index contributed by atoms with van der Waals surface area (Å²) in [5.41, 5.74) is 2.34. The van der Waals surface area contributed by atoms with Gasteiger partial charge in [-0.05, 0) is 39.2 Å². The van der Waals surface area contributed by atoms with Gasteiger partial charge in [-0.15, -0.1) is 24.0 Å². The fourth-order valence-corrected chi connectivity index (χ4v) is 3.47. The molecular weight excluding hydrogens is 467 g/mol. The summed E-state index contributed by atoms with van der Waals surface area (Å²) in [5, 5.41) is 6.86. The topological polar surface area (TPSA) is 71.7 Å². The molecular formula is C21H31IN4O2. The first-order chi connectivity index (χ1) is 13.1. The van der Waals surface area contributed by atoms with Gasteiger partial charge in [-0.1, -0.05) is 30.3 Å². The molecule has 1 aliphatic heterocycles. The molecule has 1 aromatic carbocycles. The fourth-order valence-electron chi connectivity index (χ4n) is 3.47. The van der Waals surface area contributed by atoms with Crippen LogP contribution in [-0.2, 0) is 16.7 Å². The van der Waals surface area contributed by atoms with Gasteiger partial charge in [0, 0.05) is 31.7 Å². The summed E-state index contributed by atoms with van der Waals surface area (Å²) in [4.78, 5) is 9.06. The minimum Gasteiger partial charge on any atom is -0.444 e. The molecule has 0 atom stereocenters. The van der Waals surface area contributed by atoms with Crippen LogP contribution in [0.3, 0.4) is 0 Å². The predicted octanol–water partition coefficient (Wildman–Crippen LogP) is 3.71. The maximum Gasteiger partial charge on any atom is 0.216 e. The molecule has 2 heterocycles. The van der Waals surface area contributed by atoms with Crippen LogP contribution in [0.25, 0.3) is 0 Å². The van der Waals surface area contributed by atoms with Crippen LogP contribution >= 0.6 is 24.0 Å². The number of nitrogens with zero attached hydrogens (tertiary/aromatic N) is 2. The fraction of sp³-hybridized carbons (Fsp3) is 0.524. The van der Waals surface area contributed by atoms with Gasteiger partial charge >= 0.3 is 0 Å². The molecule has 0 amide bonds. The van der Waals surface area contributed by atoms with E-state index in [1.807, 2.05) is 13.8 Å². The second-order valence-electron chi connectivity index (χ2n) is 7.06. The summed E-state index contributed by atoms with van der Waals surface area (Å²) >= 11 is 0. The zero-order chi connectivity index (χ0) is 19.1. The van der Waals surface area contributed by atoms with Gasteiger partial charge in [0.2, 0.25) is 5.89 Å². The Labute approximate surface area is 184 Å². The van der Waals surface area contributed by atoms with E-state index in [4.69, 9.17) is 9.15 Å². The number of nitrogens with one attached hydrogen (secondary N) is 2. The van der Waals surface area contributed by atoms with Gasteiger partial charge in [0.1, 0.15) is 12.3 Å². The van der Waals surface area contributed by atoms with Crippen LogP contribution in [0.2, 0.25) is 0 Å². The van der Waals surface area contributed by atoms with Gasteiger partial charge in [-0.25, -0.2) is 9.98 Å². The van der Waals surface area contributed by atoms with Crippen molar-refractivity contribution in [2.24, 2.45) is 4.99 Å². The highest BCUT2D eigenvalue weighted by atomic mass is 127. The quantitative estimate of drug-likeness (QED) is 0.361. The van der Waals surface area contributed by atoms with Gasteiger partial charge < -0.3 is 19.8 Å². The molecule has 6 nitrogen and oxygen atoms in total. The molecule has 0 unspecified atom stereocenters. The molecule has 154 valence electrons. The lowest BCUT2D eigenvalue weighted by Crippen LogP contribution is -2.48. The molecule has 0 saturated carbocycles. The summed E-state index contributed by atoms with van der Waals surface area (Å²) in [5.74, 6) is 2.28. The van der Waals surface area contributed by atoms with E-state index in [0.717, 1.165) is 56.6 Å². The van der Waals surface area contributed by atoms with Crippen molar-refractivity contribution in [3.8, 4) is 0 Å². The van der Waals surface area contributed by atoms with Crippen LogP contribution in [0.1, 0.15) is 42.7 Å².